The van der Waals surface area contributed by atoms with Crippen molar-refractivity contribution in [3.63, 3.8) is 0 Å². The summed E-state index contributed by atoms with van der Waals surface area (Å²) < 4.78 is 6.26. The van der Waals surface area contributed by atoms with Gasteiger partial charge in [0.1, 0.15) is 0 Å². The van der Waals surface area contributed by atoms with Crippen LogP contribution in [0.3, 0.4) is 0 Å². The average molecular weight is 563 g/mol. The van der Waals surface area contributed by atoms with E-state index in [2.05, 4.69) is 0 Å². The van der Waals surface area contributed by atoms with Crippen molar-refractivity contribution < 1.29 is 9.90 Å². The number of piperidine rings is 1. The minimum Gasteiger partial charge on any atom is -0.493 e. The van der Waals surface area contributed by atoms with E-state index >= 15 is 0 Å². The first-order valence-electron chi connectivity index (χ1n) is 13.4. The second-order valence-electron chi connectivity index (χ2n) is 10.7. The first kappa shape index (κ1) is 27.9. The number of aromatic nitrogens is 6. The minimum absolute atomic E-state index is 0.0250. The normalized spacial score (nSPS) is 15.4. The van der Waals surface area contributed by atoms with Crippen LogP contribution in [0.2, 0.25) is 0 Å². The predicted molar refractivity (Wildman–Crippen MR) is 155 cm³/mol. The van der Waals surface area contributed by atoms with E-state index in [0.717, 1.165) is 34.1 Å². The van der Waals surface area contributed by atoms with E-state index in [1.807, 2.05) is 24.8 Å². The Kier molecular flexibility index (Phi) is 7.30. The third-order valence-corrected chi connectivity index (χ3v) is 7.39. The van der Waals surface area contributed by atoms with E-state index < -0.39 is 29.3 Å². The lowest BCUT2D eigenvalue weighted by molar-refractivity contribution is 0.0969. The number of carbonyl (C=O) groups excluding carboxylic acids is 1. The highest BCUT2D eigenvalue weighted by molar-refractivity contribution is 5.96. The summed E-state index contributed by atoms with van der Waals surface area (Å²) in [5.41, 5.74) is 6.42. The molecule has 1 fully saturated rings. The van der Waals surface area contributed by atoms with Crippen LogP contribution in [0.25, 0.3) is 16.9 Å². The van der Waals surface area contributed by atoms with Crippen molar-refractivity contribution in [2.24, 2.45) is 19.8 Å². The molecular weight excluding hydrogens is 528 g/mol. The van der Waals surface area contributed by atoms with Crippen LogP contribution in [0.15, 0.2) is 56.5 Å². The molecule has 0 aliphatic carbocycles. The topological polar surface area (TPSA) is 155 Å². The number of hydrogen-bond acceptors (Lipinski definition) is 8. The van der Waals surface area contributed by atoms with Gasteiger partial charge in [0.25, 0.3) is 5.56 Å². The molecule has 1 saturated heterocycles. The molecule has 4 heterocycles. The number of nitrogens with two attached hydrogens (primary N) is 1. The second kappa shape index (κ2) is 10.7. The van der Waals surface area contributed by atoms with Gasteiger partial charge in [-0.2, -0.15) is 4.98 Å². The maximum Gasteiger partial charge on any atom is 0.335 e. The zero-order valence-electron chi connectivity index (χ0n) is 23.6. The van der Waals surface area contributed by atoms with Crippen molar-refractivity contribution >= 4 is 22.9 Å². The predicted octanol–water partition coefficient (Wildman–Crippen LogP) is 0.868. The molecule has 1 aliphatic heterocycles. The van der Waals surface area contributed by atoms with Gasteiger partial charge in [-0.15, -0.1) is 0 Å². The fourth-order valence-corrected chi connectivity index (χ4v) is 5.22. The van der Waals surface area contributed by atoms with Gasteiger partial charge < -0.3 is 20.3 Å². The molecule has 5 rings (SSSR count). The SMILES string of the molecule is CC(C)=CCn1c(N2CCCC(N)C2)nc2c1c(=O)n(CC(=O)c1cccc(-n3c(O)cn(C)c3=O)c1)c(=O)n2C. The number of fused-ring (bicyclic) bond motifs is 1. The molecule has 41 heavy (non-hydrogen) atoms. The summed E-state index contributed by atoms with van der Waals surface area (Å²) in [6.07, 6.45) is 5.02. The summed E-state index contributed by atoms with van der Waals surface area (Å²) in [4.78, 5) is 59.8. The zero-order chi connectivity index (χ0) is 29.6. The van der Waals surface area contributed by atoms with Gasteiger partial charge in [-0.25, -0.2) is 14.2 Å². The van der Waals surface area contributed by atoms with E-state index in [0.29, 0.717) is 19.0 Å². The number of benzene rings is 1. The summed E-state index contributed by atoms with van der Waals surface area (Å²) in [6.45, 7) is 5.06. The van der Waals surface area contributed by atoms with Crippen molar-refractivity contribution in [2.45, 2.75) is 45.8 Å². The number of hydrogen-bond donors (Lipinski definition) is 2. The van der Waals surface area contributed by atoms with Crippen LogP contribution < -0.4 is 27.6 Å². The number of aryl methyl sites for hydroxylation is 2. The lowest BCUT2D eigenvalue weighted by atomic mass is 10.1. The largest absolute Gasteiger partial charge is 0.493 e. The maximum atomic E-state index is 13.9. The molecule has 1 aromatic carbocycles. The number of ketones is 1. The van der Waals surface area contributed by atoms with E-state index in [4.69, 9.17) is 10.7 Å². The van der Waals surface area contributed by atoms with Crippen molar-refractivity contribution in [1.82, 2.24) is 27.8 Å². The van der Waals surface area contributed by atoms with Gasteiger partial charge in [0.15, 0.2) is 16.9 Å². The van der Waals surface area contributed by atoms with Gasteiger partial charge in [0, 0.05) is 45.3 Å². The smallest absolute Gasteiger partial charge is 0.335 e. The Morgan fingerprint density at radius 3 is 2.56 bits per heavy atom. The molecule has 1 aliphatic rings. The Morgan fingerprint density at radius 2 is 1.90 bits per heavy atom. The molecule has 0 bridgehead atoms. The van der Waals surface area contributed by atoms with Crippen LogP contribution >= 0.6 is 0 Å². The number of allylic oxidation sites excluding steroid dienone is 2. The second-order valence-corrected chi connectivity index (χ2v) is 10.7. The fraction of sp³-hybridized carbons (Fsp3) is 0.393. The van der Waals surface area contributed by atoms with Gasteiger partial charge >= 0.3 is 11.4 Å². The standard InChI is InChI=1S/C28H34N8O5/c1-17(2)10-12-34-23-24(30-26(34)33-11-6-8-19(29)14-33)32(4)28(41)35(25(23)39)15-21(37)18-7-5-9-20(13-18)36-22(38)16-31(3)27(36)40/h5,7,9-10,13,16,19,38H,6,8,11-12,14-15,29H2,1-4H3. The first-order valence-corrected chi connectivity index (χ1v) is 13.4. The van der Waals surface area contributed by atoms with Crippen LogP contribution in [-0.4, -0.2) is 57.8 Å². The van der Waals surface area contributed by atoms with Gasteiger partial charge in [-0.1, -0.05) is 23.8 Å². The van der Waals surface area contributed by atoms with E-state index in [-0.39, 0.29) is 34.3 Å². The molecule has 1 atom stereocenters. The highest BCUT2D eigenvalue weighted by Crippen LogP contribution is 2.23. The monoisotopic (exact) mass is 562 g/mol. The first-order chi connectivity index (χ1) is 19.5. The number of Topliss-reactive ketones (excluding diaryl/α,β-unsaturated/α-hetero) is 1. The summed E-state index contributed by atoms with van der Waals surface area (Å²) in [6, 6.07) is 6.08. The lowest BCUT2D eigenvalue weighted by Crippen LogP contribution is -2.44. The average Bonchev–Trinajstić information content (AvgIpc) is 3.44. The molecule has 216 valence electrons. The highest BCUT2D eigenvalue weighted by Gasteiger charge is 2.26. The molecule has 0 saturated carbocycles. The van der Waals surface area contributed by atoms with Gasteiger partial charge in [0.2, 0.25) is 11.8 Å². The highest BCUT2D eigenvalue weighted by atomic mass is 16.3. The molecule has 1 unspecified atom stereocenters. The number of rotatable bonds is 7. The van der Waals surface area contributed by atoms with Crippen molar-refractivity contribution in [3.8, 4) is 11.6 Å². The number of carbonyl (C=O) groups is 1. The van der Waals surface area contributed by atoms with Crippen LogP contribution in [0.5, 0.6) is 5.88 Å². The summed E-state index contributed by atoms with van der Waals surface area (Å²) >= 11 is 0. The Bertz CT molecular complexity index is 1860. The zero-order valence-corrected chi connectivity index (χ0v) is 23.6. The van der Waals surface area contributed by atoms with Gasteiger partial charge in [-0.3, -0.25) is 23.3 Å². The molecule has 13 heteroatoms. The summed E-state index contributed by atoms with van der Waals surface area (Å²) in [5.74, 6) is -0.233. The van der Waals surface area contributed by atoms with Crippen LogP contribution in [-0.2, 0) is 27.2 Å². The van der Waals surface area contributed by atoms with Crippen LogP contribution in [0.4, 0.5) is 5.95 Å². The third kappa shape index (κ3) is 5.04. The van der Waals surface area contributed by atoms with E-state index in [1.54, 1.807) is 16.7 Å². The minimum atomic E-state index is -0.669. The maximum absolute atomic E-state index is 13.9. The molecule has 0 amide bonds. The van der Waals surface area contributed by atoms with Crippen LogP contribution in [0.1, 0.15) is 37.0 Å². The van der Waals surface area contributed by atoms with Crippen molar-refractivity contribution in [1.29, 1.82) is 0 Å². The number of imidazole rings is 2. The Balaban J connectivity index is 1.60. The molecule has 0 radical (unpaired) electrons. The molecule has 4 aromatic rings. The van der Waals surface area contributed by atoms with Crippen LogP contribution in [0, 0.1) is 0 Å². The molecule has 3 aromatic heterocycles. The van der Waals surface area contributed by atoms with Gasteiger partial charge in [0.05, 0.1) is 18.4 Å². The number of nitrogens with zero attached hydrogens (tertiary/aromatic N) is 7. The summed E-state index contributed by atoms with van der Waals surface area (Å²) in [5, 5.41) is 10.2. The molecular formula is C28H34N8O5. The fourth-order valence-electron chi connectivity index (χ4n) is 5.22. The third-order valence-electron chi connectivity index (χ3n) is 7.39. The lowest BCUT2D eigenvalue weighted by Gasteiger charge is -2.31. The van der Waals surface area contributed by atoms with E-state index in [1.165, 1.54) is 41.6 Å². The van der Waals surface area contributed by atoms with Crippen molar-refractivity contribution in [3.05, 3.63) is 79.0 Å². The molecule has 0 spiro atoms. The Labute approximate surface area is 235 Å². The number of anilines is 1. The Hall–Kier alpha value is -4.65. The summed E-state index contributed by atoms with van der Waals surface area (Å²) in [7, 11) is 3.03. The number of aromatic hydroxyl groups is 1. The van der Waals surface area contributed by atoms with E-state index in [9.17, 15) is 24.3 Å². The molecule has 3 N–H and O–H groups in total. The Morgan fingerprint density at radius 1 is 1.15 bits per heavy atom. The van der Waals surface area contributed by atoms with Crippen molar-refractivity contribution in [2.75, 3.05) is 18.0 Å². The van der Waals surface area contributed by atoms with Gasteiger partial charge in [-0.05, 0) is 38.8 Å². The quantitative estimate of drug-likeness (QED) is 0.248. The molecule has 13 nitrogen and oxygen atoms in total.